The molecule has 1 aliphatic carbocycles. The predicted octanol–water partition coefficient (Wildman–Crippen LogP) is 6.44. The van der Waals surface area contributed by atoms with Gasteiger partial charge in [0.2, 0.25) is 0 Å². The average Bonchev–Trinajstić information content (AvgIpc) is 2.44. The molecule has 0 amide bonds. The van der Waals surface area contributed by atoms with Gasteiger partial charge in [0, 0.05) is 0 Å². The van der Waals surface area contributed by atoms with E-state index in [1.54, 1.807) is 29.8 Å². The zero-order valence-corrected chi connectivity index (χ0v) is 15.0. The summed E-state index contributed by atoms with van der Waals surface area (Å²) < 4.78 is 0. The molecule has 1 heteroatoms. The summed E-state index contributed by atoms with van der Waals surface area (Å²) in [5, 5.41) is 8.63. The Balaban J connectivity index is 0.000000377. The van der Waals surface area contributed by atoms with Gasteiger partial charge in [-0.05, 0) is 49.1 Å². The van der Waals surface area contributed by atoms with Gasteiger partial charge in [-0.3, -0.25) is 0 Å². The third kappa shape index (κ3) is 7.94. The van der Waals surface area contributed by atoms with Gasteiger partial charge in [0.15, 0.2) is 0 Å². The molecule has 0 aliphatic heterocycles. The molecule has 1 nitrogen and oxygen atoms in total. The Labute approximate surface area is 132 Å². The van der Waals surface area contributed by atoms with Crippen LogP contribution in [0.15, 0.2) is 42.0 Å². The molecule has 2 atom stereocenters. The monoisotopic (exact) mass is 290 g/mol. The van der Waals surface area contributed by atoms with Gasteiger partial charge in [0.05, 0.1) is 0 Å². The van der Waals surface area contributed by atoms with Gasteiger partial charge < -0.3 is 5.11 Å². The molecule has 0 radical (unpaired) electrons. The van der Waals surface area contributed by atoms with Crippen LogP contribution < -0.4 is 0 Å². The highest BCUT2D eigenvalue weighted by Gasteiger charge is 2.28. The van der Waals surface area contributed by atoms with Gasteiger partial charge in [-0.25, -0.2) is 0 Å². The lowest BCUT2D eigenvalue weighted by Gasteiger charge is -2.35. The summed E-state index contributed by atoms with van der Waals surface area (Å²) in [7, 11) is 0. The van der Waals surface area contributed by atoms with E-state index < -0.39 is 0 Å². The van der Waals surface area contributed by atoms with Crippen LogP contribution in [0.2, 0.25) is 0 Å². The molecule has 0 saturated heterocycles. The van der Waals surface area contributed by atoms with Gasteiger partial charge in [0.25, 0.3) is 0 Å². The number of hydrogen-bond acceptors (Lipinski definition) is 1. The maximum Gasteiger partial charge on any atom is 0.115 e. The Kier molecular flexibility index (Phi) is 9.08. The Morgan fingerprint density at radius 2 is 1.57 bits per heavy atom. The average molecular weight is 290 g/mol. The number of allylic oxidation sites excluding steroid dienone is 2. The number of hydrogen-bond donors (Lipinski definition) is 1. The van der Waals surface area contributed by atoms with Gasteiger partial charge in [-0.2, -0.15) is 0 Å². The van der Waals surface area contributed by atoms with Crippen molar-refractivity contribution in [3.63, 3.8) is 0 Å². The van der Waals surface area contributed by atoms with Crippen molar-refractivity contribution in [2.45, 2.75) is 61.3 Å². The van der Waals surface area contributed by atoms with Gasteiger partial charge in [-0.15, -0.1) is 0 Å². The van der Waals surface area contributed by atoms with Crippen molar-refractivity contribution in [3.8, 4) is 5.75 Å². The van der Waals surface area contributed by atoms with E-state index in [2.05, 4.69) is 40.7 Å². The SMILES string of the molecule is CC.CC1=CCC(C(C)(C)C)CC1C.Oc1ccccc1. The van der Waals surface area contributed by atoms with Crippen LogP contribution in [0.3, 0.4) is 0 Å². The second-order valence-corrected chi connectivity index (χ2v) is 6.72. The maximum absolute atomic E-state index is 8.63. The summed E-state index contributed by atoms with van der Waals surface area (Å²) in [4.78, 5) is 0. The van der Waals surface area contributed by atoms with E-state index in [0.717, 1.165) is 11.8 Å². The molecular weight excluding hydrogens is 256 g/mol. The summed E-state index contributed by atoms with van der Waals surface area (Å²) in [6.07, 6.45) is 5.11. The van der Waals surface area contributed by atoms with Gasteiger partial charge >= 0.3 is 0 Å². The van der Waals surface area contributed by atoms with E-state index in [0.29, 0.717) is 11.2 Å². The van der Waals surface area contributed by atoms with Crippen LogP contribution in [0.5, 0.6) is 5.75 Å². The van der Waals surface area contributed by atoms with Crippen molar-refractivity contribution in [1.29, 1.82) is 0 Å². The number of phenols is 1. The molecule has 2 rings (SSSR count). The fraction of sp³-hybridized carbons (Fsp3) is 0.600. The number of phenolic OH excluding ortho intramolecular Hbond substituents is 1. The molecule has 120 valence electrons. The topological polar surface area (TPSA) is 20.2 Å². The minimum atomic E-state index is 0.322. The first-order valence-corrected chi connectivity index (χ1v) is 8.21. The lowest BCUT2D eigenvalue weighted by Crippen LogP contribution is -2.25. The van der Waals surface area contributed by atoms with Crippen molar-refractivity contribution in [2.75, 3.05) is 0 Å². The number of aromatic hydroxyl groups is 1. The van der Waals surface area contributed by atoms with E-state index in [-0.39, 0.29) is 0 Å². The lowest BCUT2D eigenvalue weighted by atomic mass is 9.70. The standard InChI is InChI=1S/C12H22.C6H6O.C2H6/c1-9-6-7-11(8-10(9)2)12(3,4)5;7-6-4-2-1-3-5-6;1-2/h6,10-11H,7-8H2,1-5H3;1-5,7H;1-2H3. The Hall–Kier alpha value is -1.24. The summed E-state index contributed by atoms with van der Waals surface area (Å²) in [6.45, 7) is 15.7. The molecule has 1 aromatic carbocycles. The van der Waals surface area contributed by atoms with Crippen LogP contribution in [0, 0.1) is 17.3 Å². The molecule has 0 heterocycles. The van der Waals surface area contributed by atoms with Crippen molar-refractivity contribution in [2.24, 2.45) is 17.3 Å². The Bertz CT molecular complexity index is 398. The van der Waals surface area contributed by atoms with Gasteiger partial charge in [0.1, 0.15) is 5.75 Å². The summed E-state index contributed by atoms with van der Waals surface area (Å²) in [5.41, 5.74) is 2.08. The summed E-state index contributed by atoms with van der Waals surface area (Å²) in [6, 6.07) is 8.71. The molecule has 21 heavy (non-hydrogen) atoms. The smallest absolute Gasteiger partial charge is 0.115 e. The highest BCUT2D eigenvalue weighted by molar-refractivity contribution is 5.18. The predicted molar refractivity (Wildman–Crippen MR) is 94.6 cm³/mol. The molecule has 2 unspecified atom stereocenters. The van der Waals surface area contributed by atoms with Crippen molar-refractivity contribution >= 4 is 0 Å². The highest BCUT2D eigenvalue weighted by Crippen LogP contribution is 2.39. The van der Waals surface area contributed by atoms with E-state index in [9.17, 15) is 0 Å². The van der Waals surface area contributed by atoms with Crippen molar-refractivity contribution in [3.05, 3.63) is 42.0 Å². The summed E-state index contributed by atoms with van der Waals surface area (Å²) >= 11 is 0. The molecule has 1 aliphatic rings. The third-order valence-electron chi connectivity index (χ3n) is 4.12. The first-order chi connectivity index (χ1) is 9.80. The molecule has 1 aromatic rings. The highest BCUT2D eigenvalue weighted by atomic mass is 16.3. The van der Waals surface area contributed by atoms with E-state index >= 15 is 0 Å². The second-order valence-electron chi connectivity index (χ2n) is 6.72. The Morgan fingerprint density at radius 3 is 1.90 bits per heavy atom. The van der Waals surface area contributed by atoms with Crippen LogP contribution in [-0.4, -0.2) is 5.11 Å². The number of para-hydroxylation sites is 1. The van der Waals surface area contributed by atoms with Crippen LogP contribution in [-0.2, 0) is 0 Å². The molecule has 0 bridgehead atoms. The molecule has 0 spiro atoms. The van der Waals surface area contributed by atoms with Crippen LogP contribution >= 0.6 is 0 Å². The summed E-state index contributed by atoms with van der Waals surface area (Å²) in [5.74, 6) is 2.02. The Morgan fingerprint density at radius 1 is 1.05 bits per heavy atom. The second kappa shape index (κ2) is 9.65. The number of rotatable bonds is 0. The minimum Gasteiger partial charge on any atom is -0.508 e. The van der Waals surface area contributed by atoms with Crippen molar-refractivity contribution < 1.29 is 5.11 Å². The van der Waals surface area contributed by atoms with Crippen LogP contribution in [0.4, 0.5) is 0 Å². The first-order valence-electron chi connectivity index (χ1n) is 8.21. The largest absolute Gasteiger partial charge is 0.508 e. The maximum atomic E-state index is 8.63. The molecule has 1 N–H and O–H groups in total. The van der Waals surface area contributed by atoms with E-state index in [4.69, 9.17) is 5.11 Å². The van der Waals surface area contributed by atoms with E-state index in [1.165, 1.54) is 12.8 Å². The fourth-order valence-electron chi connectivity index (χ4n) is 2.37. The molecule has 0 saturated carbocycles. The minimum absolute atomic E-state index is 0.322. The zero-order chi connectivity index (χ0) is 16.5. The third-order valence-corrected chi connectivity index (χ3v) is 4.12. The lowest BCUT2D eigenvalue weighted by molar-refractivity contribution is 0.200. The fourth-order valence-corrected chi connectivity index (χ4v) is 2.37. The number of benzene rings is 1. The normalized spacial score (nSPS) is 21.2. The quantitative estimate of drug-likeness (QED) is 0.545. The van der Waals surface area contributed by atoms with Crippen LogP contribution in [0.1, 0.15) is 61.3 Å². The van der Waals surface area contributed by atoms with Gasteiger partial charge in [-0.1, -0.05) is 71.4 Å². The first kappa shape index (κ1) is 19.8. The molecular formula is C20H34O. The van der Waals surface area contributed by atoms with Crippen LogP contribution in [0.25, 0.3) is 0 Å². The zero-order valence-electron chi connectivity index (χ0n) is 15.0. The molecule has 0 aromatic heterocycles. The van der Waals surface area contributed by atoms with E-state index in [1.807, 2.05) is 19.9 Å². The van der Waals surface area contributed by atoms with Crippen molar-refractivity contribution in [1.82, 2.24) is 0 Å². The molecule has 0 fully saturated rings.